The topological polar surface area (TPSA) is 33.3 Å². The van der Waals surface area contributed by atoms with Gasteiger partial charge in [-0.05, 0) is 37.0 Å². The Labute approximate surface area is 145 Å². The molecular formula is C21H28N2O. The first-order valence-corrected chi connectivity index (χ1v) is 8.42. The predicted octanol–water partition coefficient (Wildman–Crippen LogP) is 4.18. The third-order valence-electron chi connectivity index (χ3n) is 3.79. The van der Waals surface area contributed by atoms with Crippen LogP contribution in [0.5, 0.6) is 0 Å². The van der Waals surface area contributed by atoms with Crippen LogP contribution in [0, 0.1) is 0 Å². The van der Waals surface area contributed by atoms with Gasteiger partial charge in [0, 0.05) is 13.2 Å². The highest BCUT2D eigenvalue weighted by atomic mass is 16.5. The molecular weight excluding hydrogens is 296 g/mol. The third kappa shape index (κ3) is 5.74. The monoisotopic (exact) mass is 324 g/mol. The van der Waals surface area contributed by atoms with Gasteiger partial charge in [0.05, 0.1) is 18.5 Å². The molecule has 2 N–H and O–H groups in total. The number of rotatable bonds is 9. The Morgan fingerprint density at radius 2 is 1.62 bits per heavy atom. The molecule has 0 aliphatic heterocycles. The van der Waals surface area contributed by atoms with E-state index in [2.05, 4.69) is 79.6 Å². The maximum absolute atomic E-state index is 5.19. The smallest absolute Gasteiger partial charge is 0.0919 e. The number of ether oxygens (including phenoxy) is 1. The first kappa shape index (κ1) is 18.1. The molecule has 0 spiro atoms. The van der Waals surface area contributed by atoms with Crippen molar-refractivity contribution in [3.05, 3.63) is 83.7 Å². The summed E-state index contributed by atoms with van der Waals surface area (Å²) >= 11 is 0. The molecule has 2 aromatic carbocycles. The van der Waals surface area contributed by atoms with Gasteiger partial charge >= 0.3 is 0 Å². The van der Waals surface area contributed by atoms with Gasteiger partial charge in [-0.15, -0.1) is 0 Å². The van der Waals surface area contributed by atoms with E-state index in [-0.39, 0.29) is 6.04 Å². The fourth-order valence-corrected chi connectivity index (χ4v) is 2.72. The van der Waals surface area contributed by atoms with E-state index in [1.54, 1.807) is 7.11 Å². The van der Waals surface area contributed by atoms with Crippen LogP contribution in [0.15, 0.2) is 67.0 Å². The fraction of sp³-hybridized carbons (Fsp3) is 0.333. The lowest BCUT2D eigenvalue weighted by Gasteiger charge is -2.24. The van der Waals surface area contributed by atoms with Crippen molar-refractivity contribution < 1.29 is 4.74 Å². The molecule has 0 bridgehead atoms. The van der Waals surface area contributed by atoms with Gasteiger partial charge in [0.2, 0.25) is 0 Å². The van der Waals surface area contributed by atoms with Gasteiger partial charge in [0.15, 0.2) is 0 Å². The lowest BCUT2D eigenvalue weighted by molar-refractivity contribution is 0.185. The second-order valence-corrected chi connectivity index (χ2v) is 6.34. The van der Waals surface area contributed by atoms with Crippen LogP contribution in [-0.2, 0) is 17.8 Å². The van der Waals surface area contributed by atoms with E-state index < -0.39 is 0 Å². The van der Waals surface area contributed by atoms with Crippen LogP contribution in [-0.4, -0.2) is 13.2 Å². The quantitative estimate of drug-likeness (QED) is 0.726. The molecule has 1 atom stereocenters. The zero-order chi connectivity index (χ0) is 17.4. The van der Waals surface area contributed by atoms with E-state index in [4.69, 9.17) is 4.74 Å². The Kier molecular flexibility index (Phi) is 6.89. The lowest BCUT2D eigenvalue weighted by Crippen LogP contribution is -2.33. The van der Waals surface area contributed by atoms with Crippen LogP contribution in [0.3, 0.4) is 0 Å². The van der Waals surface area contributed by atoms with Gasteiger partial charge in [-0.25, -0.2) is 0 Å². The van der Waals surface area contributed by atoms with Crippen LogP contribution in [0.25, 0.3) is 0 Å². The fourth-order valence-electron chi connectivity index (χ4n) is 2.72. The SMILES string of the molecule is C=C(NC(C)C)NC(Cc1ccccc1)c1ccc(COC)cc1. The van der Waals surface area contributed by atoms with Crippen molar-refractivity contribution in [2.45, 2.75) is 39.0 Å². The Morgan fingerprint density at radius 3 is 2.21 bits per heavy atom. The second kappa shape index (κ2) is 9.14. The van der Waals surface area contributed by atoms with Gasteiger partial charge < -0.3 is 15.4 Å². The number of methoxy groups -OCH3 is 1. The van der Waals surface area contributed by atoms with Crippen LogP contribution >= 0.6 is 0 Å². The molecule has 0 aliphatic rings. The molecule has 0 saturated carbocycles. The largest absolute Gasteiger partial charge is 0.380 e. The van der Waals surface area contributed by atoms with Crippen molar-refractivity contribution in [3.8, 4) is 0 Å². The number of hydrogen-bond donors (Lipinski definition) is 2. The lowest BCUT2D eigenvalue weighted by atomic mass is 9.98. The molecule has 0 aliphatic carbocycles. The molecule has 3 nitrogen and oxygen atoms in total. The molecule has 2 aromatic rings. The minimum atomic E-state index is 0.169. The Morgan fingerprint density at radius 1 is 0.958 bits per heavy atom. The molecule has 2 rings (SSSR count). The predicted molar refractivity (Wildman–Crippen MR) is 101 cm³/mol. The van der Waals surface area contributed by atoms with Crippen molar-refractivity contribution in [1.29, 1.82) is 0 Å². The number of hydrogen-bond acceptors (Lipinski definition) is 3. The Hall–Kier alpha value is -2.26. The van der Waals surface area contributed by atoms with Gasteiger partial charge in [0.25, 0.3) is 0 Å². The Balaban J connectivity index is 2.16. The molecule has 0 radical (unpaired) electrons. The molecule has 0 heterocycles. The highest BCUT2D eigenvalue weighted by Gasteiger charge is 2.13. The van der Waals surface area contributed by atoms with Crippen LogP contribution in [0.4, 0.5) is 0 Å². The Bertz CT molecular complexity index is 620. The van der Waals surface area contributed by atoms with Gasteiger partial charge in [-0.1, -0.05) is 61.2 Å². The van der Waals surface area contributed by atoms with Gasteiger partial charge in [-0.3, -0.25) is 0 Å². The molecule has 3 heteroatoms. The second-order valence-electron chi connectivity index (χ2n) is 6.34. The molecule has 128 valence electrons. The van der Waals surface area contributed by atoms with E-state index in [1.807, 2.05) is 6.07 Å². The highest BCUT2D eigenvalue weighted by Crippen LogP contribution is 2.20. The van der Waals surface area contributed by atoms with Crippen molar-refractivity contribution in [3.63, 3.8) is 0 Å². The van der Waals surface area contributed by atoms with Crippen molar-refractivity contribution >= 4 is 0 Å². The highest BCUT2D eigenvalue weighted by molar-refractivity contribution is 5.28. The third-order valence-corrected chi connectivity index (χ3v) is 3.79. The minimum absolute atomic E-state index is 0.169. The van der Waals surface area contributed by atoms with Crippen LogP contribution < -0.4 is 10.6 Å². The van der Waals surface area contributed by atoms with Crippen LogP contribution in [0.2, 0.25) is 0 Å². The van der Waals surface area contributed by atoms with E-state index in [1.165, 1.54) is 16.7 Å². The normalized spacial score (nSPS) is 12.0. The summed E-state index contributed by atoms with van der Waals surface area (Å²) in [6, 6.07) is 19.6. The standard InChI is InChI=1S/C21H28N2O/c1-16(2)22-17(3)23-21(14-18-8-6-5-7-9-18)20-12-10-19(11-13-20)15-24-4/h5-13,16,21-23H,3,14-15H2,1-2,4H3. The molecule has 0 fully saturated rings. The molecule has 0 amide bonds. The van der Waals surface area contributed by atoms with Gasteiger partial charge in [-0.2, -0.15) is 0 Å². The summed E-state index contributed by atoms with van der Waals surface area (Å²) in [5, 5.41) is 6.86. The average Bonchev–Trinajstić information content (AvgIpc) is 2.55. The zero-order valence-electron chi connectivity index (χ0n) is 14.9. The van der Waals surface area contributed by atoms with Crippen molar-refractivity contribution in [2.75, 3.05) is 7.11 Å². The zero-order valence-corrected chi connectivity index (χ0v) is 14.9. The first-order valence-electron chi connectivity index (χ1n) is 8.42. The molecule has 24 heavy (non-hydrogen) atoms. The van der Waals surface area contributed by atoms with E-state index >= 15 is 0 Å². The minimum Gasteiger partial charge on any atom is -0.380 e. The van der Waals surface area contributed by atoms with Crippen molar-refractivity contribution in [2.24, 2.45) is 0 Å². The van der Waals surface area contributed by atoms with E-state index in [0.717, 1.165) is 12.2 Å². The maximum atomic E-state index is 5.19. The summed E-state index contributed by atoms with van der Waals surface area (Å²) < 4.78 is 5.19. The van der Waals surface area contributed by atoms with Crippen LogP contribution in [0.1, 0.15) is 36.6 Å². The van der Waals surface area contributed by atoms with E-state index in [9.17, 15) is 0 Å². The summed E-state index contributed by atoms with van der Waals surface area (Å²) in [4.78, 5) is 0. The summed E-state index contributed by atoms with van der Waals surface area (Å²) in [7, 11) is 1.72. The summed E-state index contributed by atoms with van der Waals surface area (Å²) in [6.45, 7) is 8.96. The maximum Gasteiger partial charge on any atom is 0.0919 e. The molecule has 0 saturated heterocycles. The first-order chi connectivity index (χ1) is 11.6. The number of nitrogens with one attached hydrogen (secondary N) is 2. The molecule has 0 aromatic heterocycles. The van der Waals surface area contributed by atoms with Gasteiger partial charge in [0.1, 0.15) is 0 Å². The average molecular weight is 324 g/mol. The van der Waals surface area contributed by atoms with Crippen molar-refractivity contribution in [1.82, 2.24) is 10.6 Å². The molecule has 1 unspecified atom stereocenters. The van der Waals surface area contributed by atoms with E-state index in [0.29, 0.717) is 12.6 Å². The summed E-state index contributed by atoms with van der Waals surface area (Å²) in [6.07, 6.45) is 0.906. The summed E-state index contributed by atoms with van der Waals surface area (Å²) in [5.41, 5.74) is 3.72. The summed E-state index contributed by atoms with van der Waals surface area (Å²) in [5.74, 6) is 0.854. The number of benzene rings is 2.